The Morgan fingerprint density at radius 1 is 0.861 bits per heavy atom. The topological polar surface area (TPSA) is 118 Å². The van der Waals surface area contributed by atoms with E-state index >= 15 is 0 Å². The quantitative estimate of drug-likeness (QED) is 0.343. The minimum absolute atomic E-state index is 0.00812. The van der Waals surface area contributed by atoms with E-state index in [0.717, 1.165) is 6.42 Å². The number of allylic oxidation sites excluding steroid dienone is 1. The lowest BCUT2D eigenvalue weighted by Gasteiger charge is -2.74. The van der Waals surface area contributed by atoms with E-state index < -0.39 is 57.5 Å². The van der Waals surface area contributed by atoms with Gasteiger partial charge in [-0.3, -0.25) is 4.79 Å². The number of aliphatic carboxylic acids is 1. The van der Waals surface area contributed by atoms with Gasteiger partial charge in [-0.15, -0.1) is 0 Å². The van der Waals surface area contributed by atoms with Crippen LogP contribution in [0.5, 0.6) is 0 Å². The van der Waals surface area contributed by atoms with Gasteiger partial charge in [0.05, 0.1) is 29.3 Å². The van der Waals surface area contributed by atoms with Gasteiger partial charge < -0.3 is 25.5 Å². The van der Waals surface area contributed by atoms with Crippen molar-refractivity contribution >= 4 is 5.97 Å². The maximum Gasteiger partial charge on any atom is 0.310 e. The normalized spacial score (nSPS) is 57.1. The molecule has 5 N–H and O–H groups in total. The van der Waals surface area contributed by atoms with E-state index in [1.54, 1.807) is 0 Å². The highest BCUT2D eigenvalue weighted by molar-refractivity contribution is 5.76. The zero-order valence-corrected chi connectivity index (χ0v) is 23.2. The van der Waals surface area contributed by atoms with Gasteiger partial charge in [-0.1, -0.05) is 60.6 Å². The van der Waals surface area contributed by atoms with Crippen LogP contribution >= 0.6 is 0 Å². The van der Waals surface area contributed by atoms with E-state index in [9.17, 15) is 30.3 Å². The number of carboxylic acids is 1. The summed E-state index contributed by atoms with van der Waals surface area (Å²) in [6.45, 7) is 14.7. The average Bonchev–Trinajstić information content (AvgIpc) is 2.76. The van der Waals surface area contributed by atoms with Crippen LogP contribution in [-0.4, -0.2) is 55.4 Å². The largest absolute Gasteiger partial charge is 0.481 e. The summed E-state index contributed by atoms with van der Waals surface area (Å²) in [5.74, 6) is -1.38. The molecular weight excluding hydrogens is 456 g/mol. The van der Waals surface area contributed by atoms with Gasteiger partial charge in [0.15, 0.2) is 0 Å². The summed E-state index contributed by atoms with van der Waals surface area (Å²) in [6, 6.07) is 0. The summed E-state index contributed by atoms with van der Waals surface area (Å²) in [4.78, 5) is 12.8. The van der Waals surface area contributed by atoms with Crippen LogP contribution in [0.3, 0.4) is 0 Å². The zero-order chi connectivity index (χ0) is 26.9. The number of hydrogen-bond donors (Lipinski definition) is 5. The van der Waals surface area contributed by atoms with E-state index in [1.807, 2.05) is 19.9 Å². The molecule has 6 heteroatoms. The Balaban J connectivity index is 1.69. The molecule has 0 aliphatic heterocycles. The predicted molar refractivity (Wildman–Crippen MR) is 137 cm³/mol. The zero-order valence-electron chi connectivity index (χ0n) is 23.2. The molecule has 5 aliphatic rings. The lowest BCUT2D eigenvalue weighted by molar-refractivity contribution is -0.303. The summed E-state index contributed by atoms with van der Waals surface area (Å²) in [6.07, 6.45) is 5.50. The van der Waals surface area contributed by atoms with Crippen molar-refractivity contribution in [1.29, 1.82) is 0 Å². The summed E-state index contributed by atoms with van der Waals surface area (Å²) in [5, 5.41) is 57.1. The molecule has 204 valence electrons. The van der Waals surface area contributed by atoms with Crippen molar-refractivity contribution in [2.45, 2.75) is 117 Å². The number of carbonyl (C=O) groups is 1. The van der Waals surface area contributed by atoms with Crippen LogP contribution in [0.4, 0.5) is 0 Å². The molecule has 5 rings (SSSR count). The lowest BCUT2D eigenvalue weighted by atomic mass is 9.31. The second-order valence-electron chi connectivity index (χ2n) is 15.5. The Morgan fingerprint density at radius 2 is 1.47 bits per heavy atom. The number of carboxylic acid groups (broad SMARTS) is 1. The molecule has 6 nitrogen and oxygen atoms in total. The van der Waals surface area contributed by atoms with Crippen molar-refractivity contribution < 1.29 is 30.3 Å². The van der Waals surface area contributed by atoms with Gasteiger partial charge in [-0.05, 0) is 73.0 Å². The van der Waals surface area contributed by atoms with Crippen molar-refractivity contribution in [2.75, 3.05) is 0 Å². The Morgan fingerprint density at radius 3 is 2.08 bits per heavy atom. The minimum Gasteiger partial charge on any atom is -0.481 e. The molecule has 0 amide bonds. The fraction of sp³-hybridized carbons (Fsp3) is 0.900. The molecule has 4 saturated carbocycles. The molecule has 0 unspecified atom stereocenters. The van der Waals surface area contributed by atoms with Gasteiger partial charge in [-0.25, -0.2) is 0 Å². The number of aliphatic hydroxyl groups excluding tert-OH is 3. The standard InChI is InChI=1S/C30H48O6/c1-24(2)10-12-29(23(34)35)13-11-27(6)28(7)18(8-9-30(27,36)20(29)16-24)26(5)15-17(31)22(33)25(3,4)19(26)14-21(28)32/h8-9,17-22,31-33,36H,10-16H2,1-7H3,(H,34,35)/t17-,18-,19+,20-,21+,22+,26-,27+,28+,29+,30+/m1/s1. The molecule has 5 aliphatic carbocycles. The van der Waals surface area contributed by atoms with E-state index in [-0.39, 0.29) is 22.7 Å². The maximum absolute atomic E-state index is 12.8. The molecule has 0 spiro atoms. The molecule has 0 aromatic carbocycles. The molecule has 0 bridgehead atoms. The molecule has 0 aromatic rings. The first-order valence-corrected chi connectivity index (χ1v) is 14.0. The smallest absolute Gasteiger partial charge is 0.310 e. The molecule has 11 atom stereocenters. The number of rotatable bonds is 1. The molecule has 36 heavy (non-hydrogen) atoms. The highest BCUT2D eigenvalue weighted by Crippen LogP contribution is 2.76. The van der Waals surface area contributed by atoms with Crippen molar-refractivity contribution in [3.05, 3.63) is 12.2 Å². The van der Waals surface area contributed by atoms with Crippen LogP contribution in [0.25, 0.3) is 0 Å². The van der Waals surface area contributed by atoms with E-state index in [4.69, 9.17) is 0 Å². The van der Waals surface area contributed by atoms with E-state index in [2.05, 4.69) is 40.7 Å². The summed E-state index contributed by atoms with van der Waals surface area (Å²) >= 11 is 0. The molecule has 0 saturated heterocycles. The fourth-order valence-electron chi connectivity index (χ4n) is 10.8. The van der Waals surface area contributed by atoms with Gasteiger partial charge in [0.2, 0.25) is 0 Å². The number of fused-ring (bicyclic) bond motifs is 7. The van der Waals surface area contributed by atoms with E-state index in [0.29, 0.717) is 38.5 Å². The lowest BCUT2D eigenvalue weighted by Crippen LogP contribution is -2.76. The maximum atomic E-state index is 12.8. The van der Waals surface area contributed by atoms with Crippen LogP contribution in [0, 0.1) is 50.2 Å². The third-order valence-electron chi connectivity index (χ3n) is 13.3. The van der Waals surface area contributed by atoms with Gasteiger partial charge in [0, 0.05) is 16.7 Å². The minimum atomic E-state index is -1.36. The van der Waals surface area contributed by atoms with Crippen LogP contribution in [0.2, 0.25) is 0 Å². The highest BCUT2D eigenvalue weighted by Gasteiger charge is 2.77. The predicted octanol–water partition coefficient (Wildman–Crippen LogP) is 4.15. The van der Waals surface area contributed by atoms with E-state index in [1.165, 1.54) is 0 Å². The van der Waals surface area contributed by atoms with Crippen molar-refractivity contribution in [3.8, 4) is 0 Å². The van der Waals surface area contributed by atoms with Gasteiger partial charge in [0.1, 0.15) is 0 Å². The number of hydrogen-bond acceptors (Lipinski definition) is 5. The van der Waals surface area contributed by atoms with Crippen LogP contribution < -0.4 is 0 Å². The summed E-state index contributed by atoms with van der Waals surface area (Å²) in [5.41, 5.74) is -4.81. The third-order valence-corrected chi connectivity index (χ3v) is 13.3. The molecule has 0 heterocycles. The third kappa shape index (κ3) is 2.85. The molecule has 4 fully saturated rings. The molecule has 0 aromatic heterocycles. The van der Waals surface area contributed by atoms with Crippen LogP contribution in [0.15, 0.2) is 12.2 Å². The first kappa shape index (κ1) is 26.6. The molecular formula is C30H48O6. The Bertz CT molecular complexity index is 988. The van der Waals surface area contributed by atoms with Crippen molar-refractivity contribution in [2.24, 2.45) is 50.2 Å². The van der Waals surface area contributed by atoms with Crippen molar-refractivity contribution in [1.82, 2.24) is 0 Å². The summed E-state index contributed by atoms with van der Waals surface area (Å²) < 4.78 is 0. The second-order valence-corrected chi connectivity index (χ2v) is 15.5. The monoisotopic (exact) mass is 504 g/mol. The van der Waals surface area contributed by atoms with Gasteiger partial charge in [0.25, 0.3) is 0 Å². The SMILES string of the molecule is CC1(C)CC[C@]2(C(=O)O)CC[C@@]3(C)[C@@]4(C)[C@H](C=C[C@]3(O)[C@@H]2C1)[C@@]1(C)C[C@@H](O)[C@H](O)C(C)(C)[C@@H]1C[C@@H]4O. The Hall–Kier alpha value is -0.950. The van der Waals surface area contributed by atoms with Crippen LogP contribution in [-0.2, 0) is 4.79 Å². The first-order chi connectivity index (χ1) is 16.3. The highest BCUT2D eigenvalue weighted by atomic mass is 16.4. The molecule has 0 radical (unpaired) electrons. The second kappa shape index (κ2) is 7.37. The van der Waals surface area contributed by atoms with Crippen molar-refractivity contribution in [3.63, 3.8) is 0 Å². The number of aliphatic hydroxyl groups is 4. The fourth-order valence-corrected chi connectivity index (χ4v) is 10.8. The Kier molecular flexibility index (Phi) is 5.45. The van der Waals surface area contributed by atoms with Gasteiger partial charge >= 0.3 is 5.97 Å². The Labute approximate surface area is 216 Å². The summed E-state index contributed by atoms with van der Waals surface area (Å²) in [7, 11) is 0. The first-order valence-electron chi connectivity index (χ1n) is 14.0. The van der Waals surface area contributed by atoms with Gasteiger partial charge in [-0.2, -0.15) is 0 Å². The van der Waals surface area contributed by atoms with Crippen LogP contribution in [0.1, 0.15) is 93.4 Å². The average molecular weight is 505 g/mol.